The van der Waals surface area contributed by atoms with Gasteiger partial charge in [0.05, 0.1) is 16.6 Å². The zero-order valence-corrected chi connectivity index (χ0v) is 14.8. The Hall–Kier alpha value is -4.25. The average molecular weight is 387 g/mol. The number of benzene rings is 3. The molecule has 0 aromatic heterocycles. The number of carboxylic acids is 1. The van der Waals surface area contributed by atoms with Crippen LogP contribution in [0.5, 0.6) is 5.75 Å². The Morgan fingerprint density at radius 1 is 1.17 bits per heavy atom. The van der Waals surface area contributed by atoms with E-state index in [1.807, 2.05) is 6.07 Å². The van der Waals surface area contributed by atoms with Crippen molar-refractivity contribution < 1.29 is 19.6 Å². The maximum atomic E-state index is 11.9. The summed E-state index contributed by atoms with van der Waals surface area (Å²) in [6.07, 6.45) is 0. The second kappa shape index (κ2) is 6.73. The fourth-order valence-corrected chi connectivity index (χ4v) is 3.73. The van der Waals surface area contributed by atoms with Gasteiger partial charge in [0.1, 0.15) is 11.7 Å². The van der Waals surface area contributed by atoms with Crippen molar-refractivity contribution in [2.45, 2.75) is 5.92 Å². The van der Waals surface area contributed by atoms with E-state index < -0.39 is 22.7 Å². The predicted octanol–water partition coefficient (Wildman–Crippen LogP) is 4.09. The first-order chi connectivity index (χ1) is 13.9. The second-order valence-electron chi connectivity index (χ2n) is 6.60. The van der Waals surface area contributed by atoms with Crippen LogP contribution in [0.3, 0.4) is 0 Å². The predicted molar refractivity (Wildman–Crippen MR) is 103 cm³/mol. The van der Waals surface area contributed by atoms with Crippen molar-refractivity contribution in [2.24, 2.45) is 5.92 Å². The van der Waals surface area contributed by atoms with Crippen molar-refractivity contribution in [1.29, 1.82) is 10.7 Å². The quantitative estimate of drug-likeness (QED) is 0.513. The topological polar surface area (TPSA) is 137 Å². The molecule has 1 aliphatic heterocycles. The van der Waals surface area contributed by atoms with Gasteiger partial charge in [-0.2, -0.15) is 5.26 Å². The third kappa shape index (κ3) is 2.85. The molecule has 8 nitrogen and oxygen atoms in total. The number of nitro benzene ring substituents is 1. The molecule has 8 heteroatoms. The van der Waals surface area contributed by atoms with E-state index in [1.165, 1.54) is 24.3 Å². The smallest absolute Gasteiger partial charge is 0.336 e. The fraction of sp³-hybridized carbons (Fsp3) is 0.0952. The fourth-order valence-electron chi connectivity index (χ4n) is 3.73. The van der Waals surface area contributed by atoms with Gasteiger partial charge in [0.2, 0.25) is 5.90 Å². The number of rotatable bonds is 3. The van der Waals surface area contributed by atoms with E-state index in [0.717, 1.165) is 0 Å². The summed E-state index contributed by atoms with van der Waals surface area (Å²) in [4.78, 5) is 22.5. The van der Waals surface area contributed by atoms with Crippen LogP contribution in [0.25, 0.3) is 10.8 Å². The lowest BCUT2D eigenvalue weighted by Gasteiger charge is -2.31. The van der Waals surface area contributed by atoms with Crippen LogP contribution >= 0.6 is 0 Å². The lowest BCUT2D eigenvalue weighted by molar-refractivity contribution is -0.384. The zero-order chi connectivity index (χ0) is 20.7. The number of aromatic carboxylic acids is 1. The van der Waals surface area contributed by atoms with Gasteiger partial charge in [-0.1, -0.05) is 36.4 Å². The maximum Gasteiger partial charge on any atom is 0.336 e. The van der Waals surface area contributed by atoms with Gasteiger partial charge in [-0.3, -0.25) is 15.5 Å². The molecule has 29 heavy (non-hydrogen) atoms. The molecule has 1 heterocycles. The molecule has 0 radical (unpaired) electrons. The minimum Gasteiger partial charge on any atom is -0.478 e. The molecule has 0 saturated carbocycles. The first-order valence-electron chi connectivity index (χ1n) is 8.61. The summed E-state index contributed by atoms with van der Waals surface area (Å²) in [5.74, 6) is -2.97. The summed E-state index contributed by atoms with van der Waals surface area (Å²) >= 11 is 0. The number of nitro groups is 1. The van der Waals surface area contributed by atoms with E-state index in [9.17, 15) is 25.3 Å². The van der Waals surface area contributed by atoms with Crippen LogP contribution in [-0.2, 0) is 0 Å². The van der Waals surface area contributed by atoms with Crippen LogP contribution in [0.4, 0.5) is 5.69 Å². The standard InChI is InChI=1S/C21H13N3O5/c22-10-17-18(11-4-3-5-12(8-11)24(27)28)16-9-15(21(25)26)13-6-1-2-7-14(13)19(16)29-20(17)23/h1-9,17-18,23H,(H,25,26). The molecule has 0 saturated heterocycles. The minimum atomic E-state index is -1.14. The van der Waals surface area contributed by atoms with Gasteiger partial charge in [-0.15, -0.1) is 0 Å². The molecule has 142 valence electrons. The molecular formula is C21H13N3O5. The van der Waals surface area contributed by atoms with E-state index in [0.29, 0.717) is 27.6 Å². The zero-order valence-electron chi connectivity index (χ0n) is 14.8. The van der Waals surface area contributed by atoms with Crippen LogP contribution in [0.1, 0.15) is 27.4 Å². The minimum absolute atomic E-state index is 0.0310. The Labute approximate surface area is 164 Å². The molecule has 0 bridgehead atoms. The lowest BCUT2D eigenvalue weighted by atomic mass is 9.77. The Bertz CT molecular complexity index is 1240. The Kier molecular flexibility index (Phi) is 4.20. The molecule has 3 aromatic rings. The molecule has 0 aliphatic carbocycles. The van der Waals surface area contributed by atoms with Gasteiger partial charge in [0.25, 0.3) is 5.69 Å². The molecule has 4 rings (SSSR count). The van der Waals surface area contributed by atoms with E-state index in [2.05, 4.69) is 0 Å². The highest BCUT2D eigenvalue weighted by Gasteiger charge is 2.39. The van der Waals surface area contributed by atoms with Gasteiger partial charge in [0, 0.05) is 29.0 Å². The van der Waals surface area contributed by atoms with Crippen molar-refractivity contribution in [1.82, 2.24) is 0 Å². The molecular weight excluding hydrogens is 374 g/mol. The monoisotopic (exact) mass is 387 g/mol. The van der Waals surface area contributed by atoms with Crippen LogP contribution in [0.15, 0.2) is 54.6 Å². The number of carbonyl (C=O) groups is 1. The van der Waals surface area contributed by atoms with Crippen molar-refractivity contribution in [3.8, 4) is 11.8 Å². The van der Waals surface area contributed by atoms with E-state index in [-0.39, 0.29) is 17.1 Å². The lowest BCUT2D eigenvalue weighted by Crippen LogP contribution is -2.31. The molecule has 0 amide bonds. The molecule has 0 spiro atoms. The van der Waals surface area contributed by atoms with Gasteiger partial charge in [-0.05, 0) is 17.0 Å². The van der Waals surface area contributed by atoms with Crippen molar-refractivity contribution in [3.05, 3.63) is 81.4 Å². The van der Waals surface area contributed by atoms with Gasteiger partial charge in [-0.25, -0.2) is 4.79 Å². The number of nitriles is 1. The van der Waals surface area contributed by atoms with Crippen LogP contribution < -0.4 is 4.74 Å². The highest BCUT2D eigenvalue weighted by atomic mass is 16.6. The summed E-state index contributed by atoms with van der Waals surface area (Å²) in [7, 11) is 0. The van der Waals surface area contributed by atoms with E-state index in [1.54, 1.807) is 30.3 Å². The van der Waals surface area contributed by atoms with Crippen molar-refractivity contribution in [2.75, 3.05) is 0 Å². The summed E-state index contributed by atoms with van der Waals surface area (Å²) in [6, 6.07) is 16.0. The normalized spacial score (nSPS) is 17.8. The second-order valence-corrected chi connectivity index (χ2v) is 6.60. The highest BCUT2D eigenvalue weighted by Crippen LogP contribution is 2.46. The molecule has 2 unspecified atom stereocenters. The van der Waals surface area contributed by atoms with Crippen LogP contribution in [-0.4, -0.2) is 21.9 Å². The van der Waals surface area contributed by atoms with E-state index in [4.69, 9.17) is 10.1 Å². The first-order valence-corrected chi connectivity index (χ1v) is 8.61. The number of ether oxygens (including phenoxy) is 1. The summed E-state index contributed by atoms with van der Waals surface area (Å²) in [6.45, 7) is 0. The summed E-state index contributed by atoms with van der Waals surface area (Å²) < 4.78 is 5.65. The highest BCUT2D eigenvalue weighted by molar-refractivity contribution is 6.07. The van der Waals surface area contributed by atoms with Crippen LogP contribution in [0.2, 0.25) is 0 Å². The molecule has 2 N–H and O–H groups in total. The van der Waals surface area contributed by atoms with E-state index >= 15 is 0 Å². The number of nitrogens with one attached hydrogen (secondary N) is 1. The molecule has 1 aliphatic rings. The number of non-ortho nitro benzene ring substituents is 1. The number of fused-ring (bicyclic) bond motifs is 3. The van der Waals surface area contributed by atoms with Crippen molar-refractivity contribution >= 4 is 28.3 Å². The van der Waals surface area contributed by atoms with Gasteiger partial charge < -0.3 is 9.84 Å². The Morgan fingerprint density at radius 3 is 2.55 bits per heavy atom. The Morgan fingerprint density at radius 2 is 1.90 bits per heavy atom. The molecule has 3 aromatic carbocycles. The van der Waals surface area contributed by atoms with Gasteiger partial charge >= 0.3 is 5.97 Å². The largest absolute Gasteiger partial charge is 0.478 e. The third-order valence-electron chi connectivity index (χ3n) is 5.00. The Balaban J connectivity index is 2.06. The molecule has 0 fully saturated rings. The first kappa shape index (κ1) is 18.1. The summed E-state index contributed by atoms with van der Waals surface area (Å²) in [5.41, 5.74) is 0.720. The summed E-state index contributed by atoms with van der Waals surface area (Å²) in [5, 5.41) is 39.7. The maximum absolute atomic E-state index is 11.9. The van der Waals surface area contributed by atoms with Gasteiger partial charge in [0.15, 0.2) is 0 Å². The number of nitrogens with zero attached hydrogens (tertiary/aromatic N) is 2. The number of hydrogen-bond acceptors (Lipinski definition) is 6. The SMILES string of the molecule is N#CC1C(=N)Oc2c(cc(C(=O)O)c3ccccc23)C1c1cccc([N+](=O)[O-])c1. The number of carboxylic acid groups (broad SMARTS) is 1. The molecule has 2 atom stereocenters. The van der Waals surface area contributed by atoms with Crippen molar-refractivity contribution in [3.63, 3.8) is 0 Å². The third-order valence-corrected chi connectivity index (χ3v) is 5.00. The van der Waals surface area contributed by atoms with Crippen LogP contribution in [0, 0.1) is 32.8 Å². The average Bonchev–Trinajstić information content (AvgIpc) is 2.72. The number of hydrogen-bond donors (Lipinski definition) is 2.